The van der Waals surface area contributed by atoms with Crippen LogP contribution < -0.4 is 4.90 Å². The lowest BCUT2D eigenvalue weighted by Crippen LogP contribution is -2.30. The summed E-state index contributed by atoms with van der Waals surface area (Å²) in [5.41, 5.74) is 0.642. The Hall–Kier alpha value is -1.60. The molecule has 3 heterocycles. The van der Waals surface area contributed by atoms with E-state index >= 15 is 0 Å². The van der Waals surface area contributed by atoms with Gasteiger partial charge in [-0.25, -0.2) is 4.98 Å². The minimum absolute atomic E-state index is 0.642. The Morgan fingerprint density at radius 3 is 2.37 bits per heavy atom. The van der Waals surface area contributed by atoms with Crippen molar-refractivity contribution in [2.24, 2.45) is 11.8 Å². The van der Waals surface area contributed by atoms with E-state index in [0.717, 1.165) is 36.8 Å². The van der Waals surface area contributed by atoms with Gasteiger partial charge in [-0.05, 0) is 36.8 Å². The van der Waals surface area contributed by atoms with Gasteiger partial charge >= 0.3 is 0 Å². The van der Waals surface area contributed by atoms with Gasteiger partial charge in [0.05, 0.1) is 5.56 Å². The van der Waals surface area contributed by atoms with E-state index in [1.54, 1.807) is 6.20 Å². The number of pyridine rings is 1. The molecule has 4 heteroatoms. The van der Waals surface area contributed by atoms with Gasteiger partial charge in [0.1, 0.15) is 11.9 Å². The second kappa shape index (κ2) is 4.21. The Balaban J connectivity index is 1.44. The van der Waals surface area contributed by atoms with E-state index in [-0.39, 0.29) is 0 Å². The van der Waals surface area contributed by atoms with Crippen LogP contribution in [0.25, 0.3) is 0 Å². The monoisotopic (exact) mass is 254 g/mol. The average Bonchev–Trinajstić information content (AvgIpc) is 3.10. The molecule has 1 saturated carbocycles. The number of hydrogen-bond acceptors (Lipinski definition) is 4. The molecule has 2 aliphatic heterocycles. The molecule has 0 aromatic carbocycles. The number of likely N-dealkylation sites (tertiary alicyclic amines) is 1. The molecule has 0 spiro atoms. The van der Waals surface area contributed by atoms with Crippen LogP contribution in [0, 0.1) is 23.2 Å². The van der Waals surface area contributed by atoms with E-state index in [1.165, 1.54) is 25.9 Å². The van der Waals surface area contributed by atoms with Crippen molar-refractivity contribution in [2.75, 3.05) is 31.1 Å². The average molecular weight is 254 g/mol. The van der Waals surface area contributed by atoms with Gasteiger partial charge < -0.3 is 4.90 Å². The topological polar surface area (TPSA) is 43.2 Å². The number of hydrogen-bond donors (Lipinski definition) is 0. The SMILES string of the molecule is N#Cc1ccc(N2CC3CN(C4CC4)CC3C2)nc1. The number of nitrogens with zero attached hydrogens (tertiary/aromatic N) is 4. The molecule has 0 radical (unpaired) electrons. The third-order valence-corrected chi connectivity index (χ3v) is 4.78. The second-order valence-electron chi connectivity index (χ2n) is 6.13. The minimum Gasteiger partial charge on any atom is -0.356 e. The van der Waals surface area contributed by atoms with Crippen LogP contribution in [0.4, 0.5) is 5.82 Å². The first-order valence-corrected chi connectivity index (χ1v) is 7.18. The first-order valence-electron chi connectivity index (χ1n) is 7.18. The summed E-state index contributed by atoms with van der Waals surface area (Å²) in [6.07, 6.45) is 4.51. The lowest BCUT2D eigenvalue weighted by Gasteiger charge is -2.22. The fraction of sp³-hybridized carbons (Fsp3) is 0.600. The third-order valence-electron chi connectivity index (χ3n) is 4.78. The quantitative estimate of drug-likeness (QED) is 0.802. The van der Waals surface area contributed by atoms with Crippen molar-refractivity contribution in [1.82, 2.24) is 9.88 Å². The molecular formula is C15H18N4. The molecule has 1 aromatic heterocycles. The molecule has 1 aromatic rings. The fourth-order valence-corrected chi connectivity index (χ4v) is 3.59. The van der Waals surface area contributed by atoms with Gasteiger partial charge in [0.2, 0.25) is 0 Å². The highest BCUT2D eigenvalue weighted by Gasteiger charge is 2.44. The number of fused-ring (bicyclic) bond motifs is 1. The first kappa shape index (κ1) is 11.2. The van der Waals surface area contributed by atoms with Crippen LogP contribution in [0.2, 0.25) is 0 Å². The molecule has 19 heavy (non-hydrogen) atoms. The Bertz CT molecular complexity index is 500. The Morgan fingerprint density at radius 1 is 1.11 bits per heavy atom. The smallest absolute Gasteiger partial charge is 0.128 e. The third kappa shape index (κ3) is 1.98. The van der Waals surface area contributed by atoms with Crippen molar-refractivity contribution in [3.63, 3.8) is 0 Å². The molecule has 3 aliphatic rings. The summed E-state index contributed by atoms with van der Waals surface area (Å²) in [6, 6.07) is 6.88. The number of rotatable bonds is 2. The fourth-order valence-electron chi connectivity index (χ4n) is 3.59. The van der Waals surface area contributed by atoms with E-state index in [1.807, 2.05) is 12.1 Å². The van der Waals surface area contributed by atoms with E-state index in [9.17, 15) is 0 Å². The summed E-state index contributed by atoms with van der Waals surface area (Å²) in [7, 11) is 0. The largest absolute Gasteiger partial charge is 0.356 e. The van der Waals surface area contributed by atoms with E-state index < -0.39 is 0 Å². The summed E-state index contributed by atoms with van der Waals surface area (Å²) >= 11 is 0. The highest BCUT2D eigenvalue weighted by molar-refractivity contribution is 5.43. The standard InChI is InChI=1S/C15H18N4/c16-5-11-1-4-15(17-6-11)19-9-12-7-18(14-2-3-14)8-13(12)10-19/h1,4,6,12-14H,2-3,7-10H2. The predicted octanol–water partition coefficient (Wildman–Crippen LogP) is 1.48. The van der Waals surface area contributed by atoms with Crippen molar-refractivity contribution in [1.29, 1.82) is 5.26 Å². The molecule has 0 N–H and O–H groups in total. The molecule has 1 aliphatic carbocycles. The van der Waals surface area contributed by atoms with Gasteiger partial charge in [-0.1, -0.05) is 0 Å². The van der Waals surface area contributed by atoms with Crippen molar-refractivity contribution in [3.8, 4) is 6.07 Å². The highest BCUT2D eigenvalue weighted by Crippen LogP contribution is 2.38. The molecule has 2 unspecified atom stereocenters. The molecular weight excluding hydrogens is 236 g/mol. The van der Waals surface area contributed by atoms with Gasteiger partial charge in [-0.3, -0.25) is 4.90 Å². The van der Waals surface area contributed by atoms with Crippen LogP contribution in [-0.2, 0) is 0 Å². The van der Waals surface area contributed by atoms with Crippen molar-refractivity contribution >= 4 is 5.82 Å². The van der Waals surface area contributed by atoms with E-state index in [0.29, 0.717) is 5.56 Å². The van der Waals surface area contributed by atoms with Gasteiger partial charge in [-0.2, -0.15) is 5.26 Å². The molecule has 4 nitrogen and oxygen atoms in total. The molecule has 98 valence electrons. The maximum absolute atomic E-state index is 8.80. The number of aromatic nitrogens is 1. The van der Waals surface area contributed by atoms with Gasteiger partial charge in [-0.15, -0.1) is 0 Å². The molecule has 0 amide bonds. The van der Waals surface area contributed by atoms with Crippen LogP contribution in [-0.4, -0.2) is 42.1 Å². The first-order chi connectivity index (χ1) is 9.33. The molecule has 0 bridgehead atoms. The molecule has 2 atom stereocenters. The summed E-state index contributed by atoms with van der Waals surface area (Å²) in [5.74, 6) is 2.67. The Labute approximate surface area is 113 Å². The second-order valence-corrected chi connectivity index (χ2v) is 6.13. The highest BCUT2D eigenvalue weighted by atomic mass is 15.3. The maximum atomic E-state index is 8.80. The molecule has 4 rings (SSSR count). The minimum atomic E-state index is 0.642. The van der Waals surface area contributed by atoms with Crippen molar-refractivity contribution in [3.05, 3.63) is 23.9 Å². The zero-order chi connectivity index (χ0) is 12.8. The molecule has 2 saturated heterocycles. The summed E-state index contributed by atoms with van der Waals surface area (Å²) in [4.78, 5) is 9.50. The van der Waals surface area contributed by atoms with Crippen molar-refractivity contribution < 1.29 is 0 Å². The van der Waals surface area contributed by atoms with Crippen LogP contribution >= 0.6 is 0 Å². The Morgan fingerprint density at radius 2 is 1.84 bits per heavy atom. The summed E-state index contributed by atoms with van der Waals surface area (Å²) < 4.78 is 0. The summed E-state index contributed by atoms with van der Waals surface area (Å²) in [5, 5.41) is 8.80. The molecule has 3 fully saturated rings. The van der Waals surface area contributed by atoms with Crippen LogP contribution in [0.5, 0.6) is 0 Å². The van der Waals surface area contributed by atoms with Gasteiger partial charge in [0.25, 0.3) is 0 Å². The van der Waals surface area contributed by atoms with E-state index in [2.05, 4.69) is 20.9 Å². The van der Waals surface area contributed by atoms with Gasteiger partial charge in [0, 0.05) is 38.4 Å². The van der Waals surface area contributed by atoms with E-state index in [4.69, 9.17) is 5.26 Å². The number of nitriles is 1. The number of anilines is 1. The van der Waals surface area contributed by atoms with Crippen LogP contribution in [0.3, 0.4) is 0 Å². The van der Waals surface area contributed by atoms with Crippen molar-refractivity contribution in [2.45, 2.75) is 18.9 Å². The lowest BCUT2D eigenvalue weighted by atomic mass is 10.0. The van der Waals surface area contributed by atoms with Crippen LogP contribution in [0.15, 0.2) is 18.3 Å². The normalized spacial score (nSPS) is 30.4. The maximum Gasteiger partial charge on any atom is 0.128 e. The predicted molar refractivity (Wildman–Crippen MR) is 72.7 cm³/mol. The zero-order valence-corrected chi connectivity index (χ0v) is 11.0. The lowest BCUT2D eigenvalue weighted by molar-refractivity contribution is 0.306. The summed E-state index contributed by atoms with van der Waals surface area (Å²) in [6.45, 7) is 4.82. The van der Waals surface area contributed by atoms with Crippen LogP contribution in [0.1, 0.15) is 18.4 Å². The Kier molecular flexibility index (Phi) is 2.49. The zero-order valence-electron chi connectivity index (χ0n) is 11.0. The van der Waals surface area contributed by atoms with Gasteiger partial charge in [0.15, 0.2) is 0 Å².